The predicted molar refractivity (Wildman–Crippen MR) is 120 cm³/mol. The van der Waals surface area contributed by atoms with Crippen LogP contribution in [0.2, 0.25) is 5.02 Å². The van der Waals surface area contributed by atoms with E-state index in [1.807, 2.05) is 31.2 Å². The number of benzene rings is 2. The maximum absolute atomic E-state index is 12.9. The van der Waals surface area contributed by atoms with E-state index < -0.39 is 0 Å². The molecule has 1 N–H and O–H groups in total. The van der Waals surface area contributed by atoms with Gasteiger partial charge in [-0.3, -0.25) is 9.69 Å². The minimum atomic E-state index is -0.153. The van der Waals surface area contributed by atoms with Gasteiger partial charge >= 0.3 is 0 Å². The Labute approximate surface area is 191 Å². The average Bonchev–Trinajstić information content (AvgIpc) is 3.26. The number of ether oxygens (including phenoxy) is 1. The average molecular weight is 457 g/mol. The summed E-state index contributed by atoms with van der Waals surface area (Å²) in [6.07, 6.45) is 0. The molecule has 1 aliphatic heterocycles. The van der Waals surface area contributed by atoms with Crippen molar-refractivity contribution in [2.45, 2.75) is 20.4 Å². The molecule has 0 aliphatic carbocycles. The molecule has 0 bridgehead atoms. The standard InChI is InChI=1S/C23H25ClN4O4/c1-3-31-19-13-17(12-18(24)21(19)29)23(30)28-10-8-27(9-11-28)14-20-25-22(26-32-20)16-6-4-15(2)5-7-16/h4-7,12-13,29H,3,8-11,14H2,1-2H3. The quantitative estimate of drug-likeness (QED) is 0.603. The van der Waals surface area contributed by atoms with Crippen molar-refractivity contribution in [2.75, 3.05) is 32.8 Å². The van der Waals surface area contributed by atoms with Crippen molar-refractivity contribution in [3.05, 3.63) is 58.4 Å². The second kappa shape index (κ2) is 9.58. The maximum Gasteiger partial charge on any atom is 0.254 e. The maximum atomic E-state index is 12.9. The molecular formula is C23H25ClN4O4. The van der Waals surface area contributed by atoms with Crippen molar-refractivity contribution in [1.29, 1.82) is 0 Å². The van der Waals surface area contributed by atoms with Crippen LogP contribution in [0, 0.1) is 6.92 Å². The van der Waals surface area contributed by atoms with Crippen LogP contribution < -0.4 is 4.74 Å². The van der Waals surface area contributed by atoms with Crippen LogP contribution >= 0.6 is 11.6 Å². The number of carbonyl (C=O) groups is 1. The van der Waals surface area contributed by atoms with Crippen molar-refractivity contribution >= 4 is 17.5 Å². The van der Waals surface area contributed by atoms with Crippen LogP contribution in [0.3, 0.4) is 0 Å². The van der Waals surface area contributed by atoms with Gasteiger partial charge in [-0.2, -0.15) is 4.98 Å². The van der Waals surface area contributed by atoms with Gasteiger partial charge in [0.05, 0.1) is 18.2 Å². The topological polar surface area (TPSA) is 91.9 Å². The van der Waals surface area contributed by atoms with Crippen molar-refractivity contribution in [2.24, 2.45) is 0 Å². The Morgan fingerprint density at radius 2 is 1.91 bits per heavy atom. The van der Waals surface area contributed by atoms with Gasteiger partial charge in [0.2, 0.25) is 11.7 Å². The minimum absolute atomic E-state index is 0.0960. The molecule has 0 unspecified atom stereocenters. The Bertz CT molecular complexity index is 1090. The highest BCUT2D eigenvalue weighted by Crippen LogP contribution is 2.35. The number of carbonyl (C=O) groups excluding carboxylic acids is 1. The number of phenols is 1. The van der Waals surface area contributed by atoms with Crippen LogP contribution in [0.15, 0.2) is 40.9 Å². The molecule has 2 aromatic carbocycles. The fraction of sp³-hybridized carbons (Fsp3) is 0.348. The number of halogens is 1. The lowest BCUT2D eigenvalue weighted by molar-refractivity contribution is 0.0614. The minimum Gasteiger partial charge on any atom is -0.503 e. The van der Waals surface area contributed by atoms with E-state index in [4.69, 9.17) is 20.9 Å². The third kappa shape index (κ3) is 4.87. The Balaban J connectivity index is 1.35. The van der Waals surface area contributed by atoms with Crippen LogP contribution in [0.4, 0.5) is 0 Å². The number of piperazine rings is 1. The van der Waals surface area contributed by atoms with Crippen LogP contribution in [0.5, 0.6) is 11.5 Å². The molecule has 1 saturated heterocycles. The first-order chi connectivity index (χ1) is 15.4. The van der Waals surface area contributed by atoms with Gasteiger partial charge in [-0.15, -0.1) is 0 Å². The summed E-state index contributed by atoms with van der Waals surface area (Å²) in [5, 5.41) is 14.2. The van der Waals surface area contributed by atoms with Crippen molar-refractivity contribution in [1.82, 2.24) is 19.9 Å². The third-order valence-electron chi connectivity index (χ3n) is 5.37. The largest absolute Gasteiger partial charge is 0.503 e. The second-order valence-electron chi connectivity index (χ2n) is 7.68. The molecule has 168 valence electrons. The summed E-state index contributed by atoms with van der Waals surface area (Å²) in [6, 6.07) is 11.0. The molecule has 0 saturated carbocycles. The summed E-state index contributed by atoms with van der Waals surface area (Å²) in [6.45, 7) is 7.19. The molecule has 8 nitrogen and oxygen atoms in total. The number of aryl methyl sites for hydroxylation is 1. The third-order valence-corrected chi connectivity index (χ3v) is 5.66. The molecule has 9 heteroatoms. The van der Waals surface area contributed by atoms with Gasteiger partial charge in [0.15, 0.2) is 11.5 Å². The first-order valence-corrected chi connectivity index (χ1v) is 10.9. The molecule has 0 spiro atoms. The van der Waals surface area contributed by atoms with E-state index in [0.717, 1.165) is 5.56 Å². The van der Waals surface area contributed by atoms with E-state index in [-0.39, 0.29) is 22.4 Å². The predicted octanol–water partition coefficient (Wildman–Crippen LogP) is 3.76. The lowest BCUT2D eigenvalue weighted by atomic mass is 10.1. The highest BCUT2D eigenvalue weighted by Gasteiger charge is 2.25. The van der Waals surface area contributed by atoms with Crippen LogP contribution in [0.1, 0.15) is 28.7 Å². The van der Waals surface area contributed by atoms with Gasteiger partial charge < -0.3 is 19.3 Å². The van der Waals surface area contributed by atoms with E-state index >= 15 is 0 Å². The fourth-order valence-electron chi connectivity index (χ4n) is 3.58. The molecule has 32 heavy (non-hydrogen) atoms. The molecule has 1 aliphatic rings. The lowest BCUT2D eigenvalue weighted by Gasteiger charge is -2.34. The Kier molecular flexibility index (Phi) is 6.62. The van der Waals surface area contributed by atoms with E-state index in [1.54, 1.807) is 11.8 Å². The SMILES string of the molecule is CCOc1cc(C(=O)N2CCN(Cc3nc(-c4ccc(C)cc4)no3)CC2)cc(Cl)c1O. The van der Waals surface area contributed by atoms with E-state index in [9.17, 15) is 9.90 Å². The molecule has 1 fully saturated rings. The molecule has 2 heterocycles. The molecule has 4 rings (SSSR count). The van der Waals surface area contributed by atoms with Gasteiger partial charge in [-0.05, 0) is 26.0 Å². The normalized spacial score (nSPS) is 14.5. The number of phenolic OH excluding ortho intramolecular Hbond substituents is 1. The zero-order valence-corrected chi connectivity index (χ0v) is 18.8. The number of amides is 1. The summed E-state index contributed by atoms with van der Waals surface area (Å²) in [5.74, 6) is 1.03. The highest BCUT2D eigenvalue weighted by atomic mass is 35.5. The van der Waals surface area contributed by atoms with Crippen molar-refractivity contribution in [3.8, 4) is 22.9 Å². The smallest absolute Gasteiger partial charge is 0.254 e. The number of hydrogen-bond donors (Lipinski definition) is 1. The lowest BCUT2D eigenvalue weighted by Crippen LogP contribution is -2.48. The Hall–Kier alpha value is -3.10. The van der Waals surface area contributed by atoms with Crippen molar-refractivity contribution in [3.63, 3.8) is 0 Å². The van der Waals surface area contributed by atoms with E-state index in [2.05, 4.69) is 15.0 Å². The van der Waals surface area contributed by atoms with Crippen LogP contribution in [-0.4, -0.2) is 63.7 Å². The van der Waals surface area contributed by atoms with Crippen molar-refractivity contribution < 1.29 is 19.2 Å². The van der Waals surface area contributed by atoms with Crippen LogP contribution in [0.25, 0.3) is 11.4 Å². The summed E-state index contributed by atoms with van der Waals surface area (Å²) < 4.78 is 10.8. The van der Waals surface area contributed by atoms with E-state index in [0.29, 0.717) is 56.6 Å². The molecule has 0 radical (unpaired) electrons. The first-order valence-electron chi connectivity index (χ1n) is 10.5. The Morgan fingerprint density at radius 1 is 1.19 bits per heavy atom. The van der Waals surface area contributed by atoms with E-state index in [1.165, 1.54) is 17.7 Å². The number of hydrogen-bond acceptors (Lipinski definition) is 7. The summed E-state index contributed by atoms with van der Waals surface area (Å²) >= 11 is 6.07. The van der Waals surface area contributed by atoms with Gasteiger partial charge in [-0.1, -0.05) is 46.6 Å². The monoisotopic (exact) mass is 456 g/mol. The van der Waals surface area contributed by atoms with Gasteiger partial charge in [0, 0.05) is 37.3 Å². The zero-order chi connectivity index (χ0) is 22.7. The molecular weight excluding hydrogens is 432 g/mol. The second-order valence-corrected chi connectivity index (χ2v) is 8.09. The first kappa shape index (κ1) is 22.1. The van der Waals surface area contributed by atoms with Gasteiger partial charge in [0.1, 0.15) is 0 Å². The van der Waals surface area contributed by atoms with Gasteiger partial charge in [0.25, 0.3) is 5.91 Å². The molecule has 1 aromatic heterocycles. The number of rotatable bonds is 6. The molecule has 3 aromatic rings. The number of nitrogens with zero attached hydrogens (tertiary/aromatic N) is 4. The fourth-order valence-corrected chi connectivity index (χ4v) is 3.80. The summed E-state index contributed by atoms with van der Waals surface area (Å²) in [7, 11) is 0. The Morgan fingerprint density at radius 3 is 2.59 bits per heavy atom. The highest BCUT2D eigenvalue weighted by molar-refractivity contribution is 6.32. The number of aromatic nitrogens is 2. The van der Waals surface area contributed by atoms with Gasteiger partial charge in [-0.25, -0.2) is 0 Å². The van der Waals surface area contributed by atoms with Crippen LogP contribution in [-0.2, 0) is 6.54 Å². The zero-order valence-electron chi connectivity index (χ0n) is 18.0. The number of aromatic hydroxyl groups is 1. The molecule has 0 atom stereocenters. The summed E-state index contributed by atoms with van der Waals surface area (Å²) in [5.41, 5.74) is 2.48. The molecule has 1 amide bonds. The summed E-state index contributed by atoms with van der Waals surface area (Å²) in [4.78, 5) is 21.4.